The van der Waals surface area contributed by atoms with Gasteiger partial charge in [-0.15, -0.1) is 45.3 Å². The van der Waals surface area contributed by atoms with E-state index in [4.69, 9.17) is 0 Å². The second-order valence-corrected chi connectivity index (χ2v) is 20.6. The summed E-state index contributed by atoms with van der Waals surface area (Å²) in [4.78, 5) is 11.2. The van der Waals surface area contributed by atoms with E-state index in [1.807, 2.05) is 45.3 Å². The summed E-state index contributed by atoms with van der Waals surface area (Å²) in [5.41, 5.74) is 4.62. The molecule has 0 bridgehead atoms. The topological polar surface area (TPSA) is 0 Å². The molecule has 0 aliphatic rings. The van der Waals surface area contributed by atoms with Crippen molar-refractivity contribution < 1.29 is 0 Å². The SMILES string of the molecule is CCCCCCCCCCCCc1ccc(-c2ccc(-c3ccc(C#Cc4ccc(-c5ccc(-c6ccc(CCCCCCCCCCCC)s6)s5)cc4)cc3)s2)s1. The summed E-state index contributed by atoms with van der Waals surface area (Å²) >= 11 is 7.75. The fourth-order valence-electron chi connectivity index (χ4n) is 7.69. The Morgan fingerprint density at radius 2 is 0.586 bits per heavy atom. The molecule has 4 aromatic heterocycles. The van der Waals surface area contributed by atoms with Crippen molar-refractivity contribution in [2.45, 2.75) is 155 Å². The minimum atomic E-state index is 1.05. The molecule has 0 fully saturated rings. The highest BCUT2D eigenvalue weighted by Gasteiger charge is 2.10. The fourth-order valence-corrected chi connectivity index (χ4v) is 12.0. The molecule has 0 spiro atoms. The molecule has 0 atom stereocenters. The van der Waals surface area contributed by atoms with E-state index in [1.54, 1.807) is 0 Å². The number of thiophene rings is 4. The molecule has 4 heteroatoms. The van der Waals surface area contributed by atoms with Gasteiger partial charge in [-0.25, -0.2) is 0 Å². The fraction of sp³-hybridized carbons (Fsp3) is 0.444. The molecule has 0 aliphatic carbocycles. The first-order valence-electron chi connectivity index (χ1n) is 22.8. The quantitative estimate of drug-likeness (QED) is 0.0377. The molecule has 0 amide bonds. The number of hydrogen-bond donors (Lipinski definition) is 0. The van der Waals surface area contributed by atoms with Gasteiger partial charge in [0.15, 0.2) is 0 Å². The summed E-state index contributed by atoms with van der Waals surface area (Å²) in [6.45, 7) is 4.59. The number of hydrogen-bond acceptors (Lipinski definition) is 4. The molecule has 0 N–H and O–H groups in total. The van der Waals surface area contributed by atoms with Gasteiger partial charge >= 0.3 is 0 Å². The first-order chi connectivity index (χ1) is 28.7. The molecule has 0 saturated heterocycles. The van der Waals surface area contributed by atoms with Crippen LogP contribution in [0.1, 0.15) is 163 Å². The van der Waals surface area contributed by atoms with Gasteiger partial charge in [0.05, 0.1) is 0 Å². The van der Waals surface area contributed by atoms with E-state index in [2.05, 4.69) is 123 Å². The van der Waals surface area contributed by atoms with Crippen LogP contribution in [0.3, 0.4) is 0 Å². The molecule has 0 radical (unpaired) electrons. The third-order valence-corrected chi connectivity index (χ3v) is 16.2. The van der Waals surface area contributed by atoms with Crippen LogP contribution in [-0.4, -0.2) is 0 Å². The van der Waals surface area contributed by atoms with Gasteiger partial charge < -0.3 is 0 Å². The van der Waals surface area contributed by atoms with Gasteiger partial charge in [0.1, 0.15) is 0 Å². The van der Waals surface area contributed by atoms with Crippen molar-refractivity contribution in [1.29, 1.82) is 0 Å². The number of rotatable bonds is 26. The Bertz CT molecular complexity index is 1920. The van der Waals surface area contributed by atoms with Crippen LogP contribution >= 0.6 is 45.3 Å². The zero-order valence-electron chi connectivity index (χ0n) is 35.4. The number of benzene rings is 2. The molecule has 6 aromatic rings. The van der Waals surface area contributed by atoms with Crippen molar-refractivity contribution in [3.8, 4) is 52.2 Å². The van der Waals surface area contributed by atoms with Crippen molar-refractivity contribution in [1.82, 2.24) is 0 Å². The third-order valence-electron chi connectivity index (χ3n) is 11.3. The first-order valence-corrected chi connectivity index (χ1v) is 26.1. The molecule has 0 unspecified atom stereocenters. The Labute approximate surface area is 368 Å². The molecule has 0 aliphatic heterocycles. The van der Waals surface area contributed by atoms with Gasteiger partial charge in [-0.1, -0.05) is 166 Å². The molecule has 58 heavy (non-hydrogen) atoms. The molecular formula is C54H66S4. The summed E-state index contributed by atoms with van der Waals surface area (Å²) in [7, 11) is 0. The van der Waals surface area contributed by atoms with Crippen LogP contribution in [0.5, 0.6) is 0 Å². The van der Waals surface area contributed by atoms with Crippen LogP contribution in [-0.2, 0) is 12.8 Å². The maximum Gasteiger partial charge on any atom is 0.0449 e. The average Bonchev–Trinajstić information content (AvgIpc) is 4.10. The van der Waals surface area contributed by atoms with E-state index < -0.39 is 0 Å². The van der Waals surface area contributed by atoms with Gasteiger partial charge in [-0.2, -0.15) is 0 Å². The molecule has 306 valence electrons. The average molecular weight is 843 g/mol. The monoisotopic (exact) mass is 842 g/mol. The van der Waals surface area contributed by atoms with Crippen LogP contribution < -0.4 is 0 Å². The summed E-state index contributed by atoms with van der Waals surface area (Å²) in [6.07, 6.45) is 30.3. The largest absolute Gasteiger partial charge is 0.139 e. The van der Waals surface area contributed by atoms with E-state index in [-0.39, 0.29) is 0 Å². The van der Waals surface area contributed by atoms with Gasteiger partial charge in [0, 0.05) is 50.1 Å². The van der Waals surface area contributed by atoms with Crippen molar-refractivity contribution in [3.05, 3.63) is 118 Å². The molecular weight excluding hydrogens is 777 g/mol. The number of unbranched alkanes of at least 4 members (excludes halogenated alkanes) is 18. The van der Waals surface area contributed by atoms with Crippen molar-refractivity contribution in [2.75, 3.05) is 0 Å². The maximum atomic E-state index is 3.39. The summed E-state index contributed by atoms with van der Waals surface area (Å²) in [6, 6.07) is 36.0. The van der Waals surface area contributed by atoms with Crippen LogP contribution in [0.2, 0.25) is 0 Å². The van der Waals surface area contributed by atoms with Gasteiger partial charge in [-0.05, 0) is 110 Å². The summed E-state index contributed by atoms with van der Waals surface area (Å²) in [5.74, 6) is 6.79. The lowest BCUT2D eigenvalue weighted by Gasteiger charge is -2.02. The molecule has 2 aromatic carbocycles. The van der Waals surface area contributed by atoms with Crippen molar-refractivity contribution >= 4 is 45.3 Å². The van der Waals surface area contributed by atoms with E-state index in [0.29, 0.717) is 0 Å². The highest BCUT2D eigenvalue weighted by Crippen LogP contribution is 2.39. The highest BCUT2D eigenvalue weighted by molar-refractivity contribution is 7.24. The van der Waals surface area contributed by atoms with Crippen molar-refractivity contribution in [3.63, 3.8) is 0 Å². The summed E-state index contributed by atoms with van der Waals surface area (Å²) < 4.78 is 0. The van der Waals surface area contributed by atoms with Crippen LogP contribution in [0.15, 0.2) is 97.1 Å². The standard InChI is InChI=1S/C54H66S4/c1-3-5-7-9-11-13-15-17-19-21-23-47-35-37-51(55-47)53-41-39-49(57-53)45-31-27-43(28-32-45)25-26-44-29-33-46(34-30-44)50-40-42-54(58-50)52-38-36-48(56-52)24-22-20-18-16-14-12-10-8-6-4-2/h27-42H,3-24H2,1-2H3. The van der Waals surface area contributed by atoms with Gasteiger partial charge in [0.2, 0.25) is 0 Å². The molecule has 6 rings (SSSR count). The van der Waals surface area contributed by atoms with Gasteiger partial charge in [0.25, 0.3) is 0 Å². The van der Waals surface area contributed by atoms with E-state index in [1.165, 1.54) is 191 Å². The smallest absolute Gasteiger partial charge is 0.0449 e. The van der Waals surface area contributed by atoms with Gasteiger partial charge in [-0.3, -0.25) is 0 Å². The first kappa shape index (κ1) is 44.4. The molecule has 0 nitrogen and oxygen atoms in total. The second-order valence-electron chi connectivity index (χ2n) is 16.1. The lowest BCUT2D eigenvalue weighted by atomic mass is 10.1. The minimum Gasteiger partial charge on any atom is -0.139 e. The van der Waals surface area contributed by atoms with Crippen molar-refractivity contribution in [2.24, 2.45) is 0 Å². The van der Waals surface area contributed by atoms with E-state index in [0.717, 1.165) is 11.1 Å². The third kappa shape index (κ3) is 14.8. The Balaban J connectivity index is 0.911. The Morgan fingerprint density at radius 3 is 0.948 bits per heavy atom. The predicted molar refractivity (Wildman–Crippen MR) is 263 cm³/mol. The minimum absolute atomic E-state index is 1.05. The van der Waals surface area contributed by atoms with E-state index in [9.17, 15) is 0 Å². The second kappa shape index (κ2) is 25.4. The van der Waals surface area contributed by atoms with Crippen LogP contribution in [0.4, 0.5) is 0 Å². The highest BCUT2D eigenvalue weighted by atomic mass is 32.1. The number of aryl methyl sites for hydroxylation is 2. The zero-order valence-corrected chi connectivity index (χ0v) is 38.7. The molecule has 4 heterocycles. The lowest BCUT2D eigenvalue weighted by Crippen LogP contribution is -1.84. The predicted octanol–water partition coefficient (Wildman–Crippen LogP) is 18.9. The Morgan fingerprint density at radius 1 is 0.293 bits per heavy atom. The zero-order chi connectivity index (χ0) is 40.0. The van der Waals surface area contributed by atoms with Crippen LogP contribution in [0, 0.1) is 11.8 Å². The summed E-state index contributed by atoms with van der Waals surface area (Å²) in [5, 5.41) is 0. The van der Waals surface area contributed by atoms with E-state index >= 15 is 0 Å². The Hall–Kier alpha value is -3.20. The van der Waals surface area contributed by atoms with Crippen LogP contribution in [0.25, 0.3) is 40.4 Å². The Kier molecular flexibility index (Phi) is 19.4. The maximum absolute atomic E-state index is 3.39. The lowest BCUT2D eigenvalue weighted by molar-refractivity contribution is 0.557. The normalized spacial score (nSPS) is 11.3. The molecule has 0 saturated carbocycles.